The Morgan fingerprint density at radius 2 is 2.16 bits per heavy atom. The van der Waals surface area contributed by atoms with Gasteiger partial charge in [0.1, 0.15) is 5.84 Å². The van der Waals surface area contributed by atoms with Gasteiger partial charge < -0.3 is 16.8 Å². The molecule has 0 amide bonds. The number of amidine groups is 1. The highest BCUT2D eigenvalue weighted by molar-refractivity contribution is 6.51. The first-order chi connectivity index (χ1) is 12.1. The summed E-state index contributed by atoms with van der Waals surface area (Å²) in [5.41, 5.74) is 14.2. The first-order valence-corrected chi connectivity index (χ1v) is 8.28. The summed E-state index contributed by atoms with van der Waals surface area (Å²) in [4.78, 5) is 4.47. The summed E-state index contributed by atoms with van der Waals surface area (Å²) < 4.78 is 0. The van der Waals surface area contributed by atoms with E-state index in [-0.39, 0.29) is 23.3 Å². The minimum atomic E-state index is -0.566. The second kappa shape index (κ2) is 6.87. The standard InChI is InChI=1S/C18H21N7/c19-8-11-15(10-4-3-5-13(21)16(10)22)12(9-20)18(23)25-17(11)14-6-1-2-7-24-14/h3-5,9,14-15,21-22,24H,1-2,6-7,20H2,(H2,23,25)/b12-9-,21-13?,22-16?. The van der Waals surface area contributed by atoms with Crippen molar-refractivity contribution in [3.8, 4) is 6.07 Å². The number of nitrogens with zero attached hydrogens (tertiary/aromatic N) is 2. The van der Waals surface area contributed by atoms with E-state index in [9.17, 15) is 5.26 Å². The Kier molecular flexibility index (Phi) is 4.63. The first-order valence-electron chi connectivity index (χ1n) is 8.28. The quantitative estimate of drug-likeness (QED) is 0.483. The molecule has 2 aliphatic heterocycles. The molecule has 1 fully saturated rings. The first kappa shape index (κ1) is 16.9. The molecule has 7 N–H and O–H groups in total. The number of nitriles is 1. The molecule has 0 saturated carbocycles. The maximum atomic E-state index is 9.86. The molecule has 25 heavy (non-hydrogen) atoms. The molecule has 0 bridgehead atoms. The Morgan fingerprint density at radius 1 is 1.36 bits per heavy atom. The van der Waals surface area contributed by atoms with Crippen LogP contribution < -0.4 is 16.8 Å². The number of piperidine rings is 1. The second-order valence-electron chi connectivity index (χ2n) is 6.24. The van der Waals surface area contributed by atoms with Gasteiger partial charge in [0.05, 0.1) is 40.7 Å². The Balaban J connectivity index is 2.15. The number of allylic oxidation sites excluding steroid dienone is 5. The van der Waals surface area contributed by atoms with Gasteiger partial charge in [0.25, 0.3) is 0 Å². The summed E-state index contributed by atoms with van der Waals surface area (Å²) in [5, 5.41) is 29.4. The third kappa shape index (κ3) is 2.92. The summed E-state index contributed by atoms with van der Waals surface area (Å²) in [7, 11) is 0. The predicted octanol–water partition coefficient (Wildman–Crippen LogP) is 1.27. The van der Waals surface area contributed by atoms with Gasteiger partial charge in [-0.25, -0.2) is 4.99 Å². The van der Waals surface area contributed by atoms with Crippen LogP contribution in [0.4, 0.5) is 0 Å². The van der Waals surface area contributed by atoms with Gasteiger partial charge in [-0.15, -0.1) is 0 Å². The van der Waals surface area contributed by atoms with Crippen molar-refractivity contribution < 1.29 is 0 Å². The topological polar surface area (TPSA) is 148 Å². The number of hydrogen-bond acceptors (Lipinski definition) is 7. The monoisotopic (exact) mass is 335 g/mol. The van der Waals surface area contributed by atoms with Crippen LogP contribution >= 0.6 is 0 Å². The normalized spacial score (nSPS) is 28.7. The maximum Gasteiger partial charge on any atom is 0.129 e. The lowest BCUT2D eigenvalue weighted by Crippen LogP contribution is -2.40. The minimum Gasteiger partial charge on any atom is -0.404 e. The van der Waals surface area contributed by atoms with Crippen molar-refractivity contribution in [1.82, 2.24) is 5.32 Å². The lowest BCUT2D eigenvalue weighted by Gasteiger charge is -2.32. The van der Waals surface area contributed by atoms with Crippen LogP contribution in [0.5, 0.6) is 0 Å². The zero-order valence-electron chi connectivity index (χ0n) is 13.8. The van der Waals surface area contributed by atoms with Crippen LogP contribution in [0.1, 0.15) is 19.3 Å². The maximum absolute atomic E-state index is 9.86. The van der Waals surface area contributed by atoms with Crippen molar-refractivity contribution in [2.45, 2.75) is 25.3 Å². The van der Waals surface area contributed by atoms with E-state index in [0.717, 1.165) is 25.8 Å². The van der Waals surface area contributed by atoms with Gasteiger partial charge in [0, 0.05) is 11.8 Å². The van der Waals surface area contributed by atoms with Crippen LogP contribution in [0.3, 0.4) is 0 Å². The van der Waals surface area contributed by atoms with Crippen LogP contribution in [-0.4, -0.2) is 29.8 Å². The van der Waals surface area contributed by atoms with Crippen molar-refractivity contribution in [2.75, 3.05) is 6.54 Å². The fraction of sp³-hybridized carbons (Fsp3) is 0.333. The zero-order chi connectivity index (χ0) is 18.0. The van der Waals surface area contributed by atoms with E-state index in [1.54, 1.807) is 18.2 Å². The van der Waals surface area contributed by atoms with Gasteiger partial charge >= 0.3 is 0 Å². The van der Waals surface area contributed by atoms with E-state index in [4.69, 9.17) is 22.3 Å². The Hall–Kier alpha value is -2.98. The molecule has 3 aliphatic rings. The molecule has 0 aromatic rings. The van der Waals surface area contributed by atoms with Crippen LogP contribution in [-0.2, 0) is 0 Å². The van der Waals surface area contributed by atoms with Gasteiger partial charge in [-0.05, 0) is 31.0 Å². The van der Waals surface area contributed by atoms with E-state index in [1.807, 2.05) is 0 Å². The van der Waals surface area contributed by atoms with Gasteiger partial charge in [-0.2, -0.15) is 5.26 Å². The Morgan fingerprint density at radius 3 is 2.80 bits per heavy atom. The molecule has 1 aliphatic carbocycles. The predicted molar refractivity (Wildman–Crippen MR) is 98.3 cm³/mol. The highest BCUT2D eigenvalue weighted by Crippen LogP contribution is 2.37. The average molecular weight is 335 g/mol. The van der Waals surface area contributed by atoms with Gasteiger partial charge in [-0.1, -0.05) is 18.6 Å². The van der Waals surface area contributed by atoms with Gasteiger partial charge in [-0.3, -0.25) is 10.8 Å². The van der Waals surface area contributed by atoms with Crippen molar-refractivity contribution >= 4 is 17.3 Å². The van der Waals surface area contributed by atoms with Gasteiger partial charge in [0.15, 0.2) is 0 Å². The van der Waals surface area contributed by atoms with E-state index in [2.05, 4.69) is 16.4 Å². The second-order valence-corrected chi connectivity index (χ2v) is 6.24. The molecule has 2 atom stereocenters. The number of hydrogen-bond donors (Lipinski definition) is 5. The lowest BCUT2D eigenvalue weighted by atomic mass is 9.76. The van der Waals surface area contributed by atoms with E-state index in [1.165, 1.54) is 6.20 Å². The average Bonchev–Trinajstić information content (AvgIpc) is 2.64. The smallest absolute Gasteiger partial charge is 0.129 e. The molecule has 2 heterocycles. The highest BCUT2D eigenvalue weighted by atomic mass is 15.0. The SMILES string of the molecule is N#CC1=C(C2CCCCN2)N=C(N)/C(=C\N)C1C1=CC=CC(=N)C1=N. The molecule has 0 radical (unpaired) electrons. The fourth-order valence-corrected chi connectivity index (χ4v) is 3.49. The summed E-state index contributed by atoms with van der Waals surface area (Å²) >= 11 is 0. The van der Waals surface area contributed by atoms with Crippen molar-refractivity contribution in [3.63, 3.8) is 0 Å². The molecule has 7 nitrogen and oxygen atoms in total. The van der Waals surface area contributed by atoms with E-state index < -0.39 is 5.92 Å². The molecule has 1 saturated heterocycles. The molecular formula is C18H21N7. The van der Waals surface area contributed by atoms with Crippen LogP contribution in [0.25, 0.3) is 0 Å². The molecule has 0 spiro atoms. The molecule has 2 unspecified atom stereocenters. The minimum absolute atomic E-state index is 0.0304. The fourth-order valence-electron chi connectivity index (χ4n) is 3.49. The Labute approximate surface area is 146 Å². The number of aliphatic imine (C=N–C) groups is 1. The molecule has 3 rings (SSSR count). The number of nitrogens with two attached hydrogens (primary N) is 2. The van der Waals surface area contributed by atoms with E-state index >= 15 is 0 Å². The van der Waals surface area contributed by atoms with Gasteiger partial charge in [0.2, 0.25) is 0 Å². The van der Waals surface area contributed by atoms with Crippen LogP contribution in [0.15, 0.2) is 51.8 Å². The lowest BCUT2D eigenvalue weighted by molar-refractivity contribution is 0.434. The van der Waals surface area contributed by atoms with E-state index in [0.29, 0.717) is 22.4 Å². The summed E-state index contributed by atoms with van der Waals surface area (Å²) in [6, 6.07) is 2.24. The van der Waals surface area contributed by atoms with Crippen molar-refractivity contribution in [3.05, 3.63) is 46.8 Å². The number of rotatable bonds is 2. The highest BCUT2D eigenvalue weighted by Gasteiger charge is 2.36. The van der Waals surface area contributed by atoms with Crippen LogP contribution in [0.2, 0.25) is 0 Å². The Bertz CT molecular complexity index is 811. The third-order valence-corrected chi connectivity index (χ3v) is 4.76. The summed E-state index contributed by atoms with van der Waals surface area (Å²) in [5.74, 6) is -0.298. The number of nitrogens with one attached hydrogen (secondary N) is 3. The van der Waals surface area contributed by atoms with Crippen molar-refractivity contribution in [2.24, 2.45) is 22.4 Å². The molecule has 128 valence electrons. The third-order valence-electron chi connectivity index (χ3n) is 4.76. The zero-order valence-corrected chi connectivity index (χ0v) is 13.8. The molecular weight excluding hydrogens is 314 g/mol. The summed E-state index contributed by atoms with van der Waals surface area (Å²) in [6.07, 6.45) is 9.40. The molecule has 0 aromatic carbocycles. The molecule has 7 heteroatoms. The molecule has 0 aromatic heterocycles. The van der Waals surface area contributed by atoms with Crippen LogP contribution in [0, 0.1) is 28.1 Å². The largest absolute Gasteiger partial charge is 0.404 e. The van der Waals surface area contributed by atoms with Crippen molar-refractivity contribution in [1.29, 1.82) is 16.1 Å². The summed E-state index contributed by atoms with van der Waals surface area (Å²) in [6.45, 7) is 0.873.